The topological polar surface area (TPSA) is 41.9 Å². The molecule has 0 heterocycles. The van der Waals surface area contributed by atoms with Gasteiger partial charge < -0.3 is 4.74 Å². The van der Waals surface area contributed by atoms with Crippen LogP contribution in [0.5, 0.6) is 0 Å². The average molecular weight is 286 g/mol. The van der Waals surface area contributed by atoms with Gasteiger partial charge in [0, 0.05) is 6.72 Å². The van der Waals surface area contributed by atoms with Crippen molar-refractivity contribution in [1.82, 2.24) is 0 Å². The second kappa shape index (κ2) is 6.17. The number of anilines is 2. The zero-order valence-electron chi connectivity index (χ0n) is 11.8. The van der Waals surface area contributed by atoms with Gasteiger partial charge in [0.2, 0.25) is 0 Å². The van der Waals surface area contributed by atoms with Crippen LogP contribution in [-0.4, -0.2) is 19.8 Å². The van der Waals surface area contributed by atoms with Crippen LogP contribution in [0.3, 0.4) is 0 Å². The van der Waals surface area contributed by atoms with E-state index in [9.17, 15) is 9.18 Å². The minimum absolute atomic E-state index is 0.331. The first-order valence-corrected chi connectivity index (χ1v) is 6.28. The molecule has 21 heavy (non-hydrogen) atoms. The number of esters is 1. The number of ether oxygens (including phenoxy) is 1. The molecule has 2 aromatic carbocycles. The summed E-state index contributed by atoms with van der Waals surface area (Å²) in [6.45, 7) is 5.33. The van der Waals surface area contributed by atoms with E-state index in [1.165, 1.54) is 19.2 Å². The van der Waals surface area contributed by atoms with Gasteiger partial charge in [-0.15, -0.1) is 0 Å². The van der Waals surface area contributed by atoms with Crippen molar-refractivity contribution in [1.29, 1.82) is 0 Å². The number of carbonyl (C=O) groups is 1. The average Bonchev–Trinajstić information content (AvgIpc) is 2.50. The van der Waals surface area contributed by atoms with E-state index >= 15 is 0 Å². The number of halogens is 1. The fourth-order valence-electron chi connectivity index (χ4n) is 2.06. The Morgan fingerprint density at radius 2 is 1.90 bits per heavy atom. The molecule has 0 saturated heterocycles. The molecule has 0 fully saturated rings. The molecule has 0 N–H and O–H groups in total. The largest absolute Gasteiger partial charge is 0.465 e. The molecule has 4 nitrogen and oxygen atoms in total. The first-order valence-electron chi connectivity index (χ1n) is 6.28. The molecule has 0 radical (unpaired) electrons. The highest BCUT2D eigenvalue weighted by molar-refractivity contribution is 5.93. The maximum atomic E-state index is 13.0. The lowest BCUT2D eigenvalue weighted by Gasteiger charge is -2.21. The normalized spacial score (nSPS) is 10.0. The lowest BCUT2D eigenvalue weighted by atomic mass is 10.1. The Balaban J connectivity index is 2.50. The maximum absolute atomic E-state index is 13.0. The van der Waals surface area contributed by atoms with Gasteiger partial charge in [0.15, 0.2) is 0 Å². The Labute approximate surface area is 122 Å². The molecule has 0 aliphatic heterocycles. The number of hydrazone groups is 1. The first-order chi connectivity index (χ1) is 10.1. The molecule has 0 amide bonds. The van der Waals surface area contributed by atoms with Crippen LogP contribution < -0.4 is 5.01 Å². The van der Waals surface area contributed by atoms with E-state index in [0.717, 1.165) is 0 Å². The van der Waals surface area contributed by atoms with Crippen LogP contribution in [0, 0.1) is 12.7 Å². The van der Waals surface area contributed by atoms with Crippen molar-refractivity contribution in [3.63, 3.8) is 0 Å². The van der Waals surface area contributed by atoms with E-state index in [-0.39, 0.29) is 5.82 Å². The van der Waals surface area contributed by atoms with Crippen molar-refractivity contribution in [2.45, 2.75) is 6.92 Å². The van der Waals surface area contributed by atoms with E-state index in [0.29, 0.717) is 22.5 Å². The molecule has 108 valence electrons. The van der Waals surface area contributed by atoms with Gasteiger partial charge in [0.25, 0.3) is 0 Å². The van der Waals surface area contributed by atoms with Crippen LogP contribution in [0.2, 0.25) is 0 Å². The van der Waals surface area contributed by atoms with Gasteiger partial charge in [0.05, 0.1) is 24.0 Å². The summed E-state index contributed by atoms with van der Waals surface area (Å²) < 4.78 is 17.8. The SMILES string of the molecule is C=NN(c1ccc(F)cc1)c1cccc(C(=O)OC)c1C. The Hall–Kier alpha value is -2.69. The number of methoxy groups -OCH3 is 1. The number of nitrogens with zero attached hydrogens (tertiary/aromatic N) is 2. The minimum atomic E-state index is -0.419. The van der Waals surface area contributed by atoms with Crippen molar-refractivity contribution in [3.8, 4) is 0 Å². The van der Waals surface area contributed by atoms with Crippen molar-refractivity contribution in [2.24, 2.45) is 5.10 Å². The number of hydrogen-bond donors (Lipinski definition) is 0. The zero-order valence-corrected chi connectivity index (χ0v) is 11.8. The van der Waals surface area contributed by atoms with E-state index in [1.54, 1.807) is 42.3 Å². The fourth-order valence-corrected chi connectivity index (χ4v) is 2.06. The van der Waals surface area contributed by atoms with E-state index in [1.807, 2.05) is 0 Å². The van der Waals surface area contributed by atoms with Gasteiger partial charge in [0.1, 0.15) is 5.82 Å². The molecule has 2 aromatic rings. The maximum Gasteiger partial charge on any atom is 0.338 e. The van der Waals surface area contributed by atoms with E-state index in [4.69, 9.17) is 4.74 Å². The van der Waals surface area contributed by atoms with Gasteiger partial charge in [-0.1, -0.05) is 6.07 Å². The number of carbonyl (C=O) groups excluding carboxylic acids is 1. The summed E-state index contributed by atoms with van der Waals surface area (Å²) in [5, 5.41) is 5.50. The molecule has 5 heteroatoms. The molecule has 0 saturated carbocycles. The second-order valence-electron chi connectivity index (χ2n) is 4.37. The standard InChI is InChI=1S/C16H15FN2O2/c1-11-14(16(20)21-3)5-4-6-15(11)19(18-2)13-9-7-12(17)8-10-13/h4-10H,2H2,1,3H3. The number of benzene rings is 2. The molecule has 0 aliphatic carbocycles. The van der Waals surface area contributed by atoms with Crippen molar-refractivity contribution in [2.75, 3.05) is 12.1 Å². The van der Waals surface area contributed by atoms with Gasteiger partial charge in [-0.05, 0) is 48.9 Å². The first kappa shape index (κ1) is 14.7. The Kier molecular flexibility index (Phi) is 4.33. The lowest BCUT2D eigenvalue weighted by molar-refractivity contribution is 0.0600. The molecule has 2 rings (SSSR count). The second-order valence-corrected chi connectivity index (χ2v) is 4.37. The molecular weight excluding hydrogens is 271 g/mol. The van der Waals surface area contributed by atoms with Crippen molar-refractivity contribution < 1.29 is 13.9 Å². The zero-order chi connectivity index (χ0) is 15.4. The molecule has 0 aliphatic rings. The van der Waals surface area contributed by atoms with Gasteiger partial charge in [-0.25, -0.2) is 14.2 Å². The minimum Gasteiger partial charge on any atom is -0.465 e. The lowest BCUT2D eigenvalue weighted by Crippen LogP contribution is -2.12. The highest BCUT2D eigenvalue weighted by Gasteiger charge is 2.16. The third-order valence-electron chi connectivity index (χ3n) is 3.15. The van der Waals surface area contributed by atoms with Crippen LogP contribution in [0.25, 0.3) is 0 Å². The molecule has 0 spiro atoms. The van der Waals surface area contributed by atoms with E-state index in [2.05, 4.69) is 11.8 Å². The van der Waals surface area contributed by atoms with E-state index < -0.39 is 5.97 Å². The summed E-state index contributed by atoms with van der Waals surface area (Å²) >= 11 is 0. The summed E-state index contributed by atoms with van der Waals surface area (Å²) in [4.78, 5) is 11.7. The van der Waals surface area contributed by atoms with Crippen molar-refractivity contribution in [3.05, 3.63) is 59.4 Å². The fraction of sp³-hybridized carbons (Fsp3) is 0.125. The monoisotopic (exact) mass is 286 g/mol. The Morgan fingerprint density at radius 3 is 2.48 bits per heavy atom. The van der Waals surface area contributed by atoms with Gasteiger partial charge in [-0.2, -0.15) is 5.10 Å². The summed E-state index contributed by atoms with van der Waals surface area (Å²) in [6, 6.07) is 11.1. The Morgan fingerprint density at radius 1 is 1.24 bits per heavy atom. The molecule has 0 aromatic heterocycles. The van der Waals surface area contributed by atoms with Crippen LogP contribution in [0.4, 0.5) is 15.8 Å². The summed E-state index contributed by atoms with van der Waals surface area (Å²) in [7, 11) is 1.33. The van der Waals surface area contributed by atoms with Gasteiger partial charge >= 0.3 is 5.97 Å². The summed E-state index contributed by atoms with van der Waals surface area (Å²) in [5.41, 5.74) is 2.49. The predicted octanol–water partition coefficient (Wildman–Crippen LogP) is 3.67. The predicted molar refractivity (Wildman–Crippen MR) is 80.6 cm³/mol. The highest BCUT2D eigenvalue weighted by atomic mass is 19.1. The quantitative estimate of drug-likeness (QED) is 0.489. The summed E-state index contributed by atoms with van der Waals surface area (Å²) in [5.74, 6) is -0.750. The molecule has 0 unspecified atom stereocenters. The third kappa shape index (κ3) is 2.91. The van der Waals surface area contributed by atoms with Crippen LogP contribution in [0.1, 0.15) is 15.9 Å². The number of hydrogen-bond acceptors (Lipinski definition) is 4. The van der Waals surface area contributed by atoms with Crippen LogP contribution in [0.15, 0.2) is 47.6 Å². The number of rotatable bonds is 4. The highest BCUT2D eigenvalue weighted by Crippen LogP contribution is 2.30. The Bertz CT molecular complexity index is 668. The molecule has 0 bridgehead atoms. The van der Waals surface area contributed by atoms with Crippen LogP contribution >= 0.6 is 0 Å². The van der Waals surface area contributed by atoms with Gasteiger partial charge in [-0.3, -0.25) is 0 Å². The van der Waals surface area contributed by atoms with Crippen LogP contribution in [-0.2, 0) is 4.74 Å². The van der Waals surface area contributed by atoms with Crippen molar-refractivity contribution >= 4 is 24.1 Å². The molecular formula is C16H15FN2O2. The summed E-state index contributed by atoms with van der Waals surface area (Å²) in [6.07, 6.45) is 0. The smallest absolute Gasteiger partial charge is 0.338 e. The molecule has 0 atom stereocenters. The third-order valence-corrected chi connectivity index (χ3v) is 3.15.